The van der Waals surface area contributed by atoms with Crippen LogP contribution in [0.25, 0.3) is 0 Å². The summed E-state index contributed by atoms with van der Waals surface area (Å²) in [5.74, 6) is -5.35. The van der Waals surface area contributed by atoms with Crippen molar-refractivity contribution in [1.29, 1.82) is 0 Å². The Morgan fingerprint density at radius 1 is 0.607 bits per heavy atom. The quantitative estimate of drug-likeness (QED) is 0.0909. The first kappa shape index (κ1) is 69.4. The molecule has 23 nitrogen and oxygen atoms in total. The van der Waals surface area contributed by atoms with Gasteiger partial charge in [0.25, 0.3) is 11.8 Å². The number of nitrogens with two attached hydrogens (primary N) is 2. The number of methoxy groups -OCH3 is 4. The van der Waals surface area contributed by atoms with Crippen molar-refractivity contribution in [3.8, 4) is 0 Å². The zero-order valence-electron chi connectivity index (χ0n) is 50.6. The molecule has 2 heterocycles. The van der Waals surface area contributed by atoms with Crippen molar-refractivity contribution < 1.29 is 77.0 Å². The predicted molar refractivity (Wildman–Crippen MR) is 313 cm³/mol. The molecule has 0 radical (unpaired) electrons. The van der Waals surface area contributed by atoms with E-state index < -0.39 is 108 Å². The van der Waals surface area contributed by atoms with Gasteiger partial charge >= 0.3 is 12.2 Å². The number of hydrogen-bond acceptors (Lipinski definition) is 19. The molecule has 4 rings (SSSR count). The molecule has 0 spiro atoms. The van der Waals surface area contributed by atoms with Crippen LogP contribution in [0.1, 0.15) is 81.1 Å². The van der Waals surface area contributed by atoms with Gasteiger partial charge in [-0.15, -0.1) is 0 Å². The summed E-state index contributed by atoms with van der Waals surface area (Å²) in [6, 6.07) is 0. The summed E-state index contributed by atoms with van der Waals surface area (Å²) >= 11 is 0. The summed E-state index contributed by atoms with van der Waals surface area (Å²) < 4.78 is 33.7. The van der Waals surface area contributed by atoms with Crippen LogP contribution in [0.5, 0.6) is 0 Å². The number of likely N-dealkylation sites (N-methyl/N-ethyl adjacent to an activating group) is 1. The molecule has 0 saturated carbocycles. The van der Waals surface area contributed by atoms with Crippen LogP contribution in [-0.2, 0) is 57.2 Å². The molecule has 23 heteroatoms. The molecule has 462 valence electrons. The van der Waals surface area contributed by atoms with E-state index in [2.05, 4.69) is 21.3 Å². The Hall–Kier alpha value is -7.12. The van der Waals surface area contributed by atoms with Crippen LogP contribution in [0.2, 0.25) is 0 Å². The molecule has 0 aromatic heterocycles. The van der Waals surface area contributed by atoms with Crippen LogP contribution in [0.3, 0.4) is 0 Å². The van der Waals surface area contributed by atoms with Gasteiger partial charge < -0.3 is 76.3 Å². The van der Waals surface area contributed by atoms with Crippen molar-refractivity contribution in [3.05, 3.63) is 117 Å². The van der Waals surface area contributed by atoms with Crippen molar-refractivity contribution in [1.82, 2.24) is 26.2 Å². The number of allylic oxidation sites excluding steroid dienone is 8. The standard InChI is InChI=1S/C61H87N7O16/c1-32-24-40-50(44(69)30-42(54(40)73)66-58(75)34(3)16-14-18-46(79-10)56(83-60(62)77)38(7)28-36(5)52(71)48(26-32)81-12)64-20-22-68(9)23-21-65-51-41-25-33(2)27-49(82-13)53(72)37(6)29-39(8)57(84-61(63)78)47(80-11)19-15-17-35(4)59(76)67-43(55(41)74)31-45(51)70/h14-19,28-33,36-37,46-49,52-53,56-57,64-65,71-72H,20-27H2,1-13H3,(H2,62,77)(H2,63,78)(H,66,75)(H,67,76)/b18-14-,19-15-,34-16+,35-17+,38-28+,39-29+/t32-,33-,36+,37+,46+,47+,48+,49+,52-,53-,56+,57+/m1/s1. The summed E-state index contributed by atoms with van der Waals surface area (Å²) in [4.78, 5) is 110. The molecule has 2 aliphatic heterocycles. The molecule has 10 N–H and O–H groups in total. The number of ketones is 4. The first-order valence-corrected chi connectivity index (χ1v) is 28.0. The largest absolute Gasteiger partial charge is 0.439 e. The highest BCUT2D eigenvalue weighted by molar-refractivity contribution is 6.24. The lowest BCUT2D eigenvalue weighted by Gasteiger charge is -2.30. The number of carbonyl (C=O) groups is 8. The number of aliphatic hydroxyl groups is 2. The smallest absolute Gasteiger partial charge is 0.405 e. The van der Waals surface area contributed by atoms with E-state index in [1.165, 1.54) is 66.6 Å². The lowest BCUT2D eigenvalue weighted by atomic mass is 9.85. The first-order valence-electron chi connectivity index (χ1n) is 28.0. The van der Waals surface area contributed by atoms with Crippen LogP contribution >= 0.6 is 0 Å². The fourth-order valence-corrected chi connectivity index (χ4v) is 10.4. The Morgan fingerprint density at radius 3 is 1.29 bits per heavy atom. The van der Waals surface area contributed by atoms with E-state index in [1.807, 2.05) is 18.7 Å². The third-order valence-electron chi connectivity index (χ3n) is 15.2. The Bertz CT molecular complexity index is 2600. The minimum Gasteiger partial charge on any atom is -0.439 e. The molecule has 12 atom stereocenters. The number of ether oxygens (including phenoxy) is 6. The van der Waals surface area contributed by atoms with Crippen LogP contribution < -0.4 is 32.7 Å². The minimum absolute atomic E-state index is 0.0447. The van der Waals surface area contributed by atoms with Gasteiger partial charge in [-0.2, -0.15) is 0 Å². The van der Waals surface area contributed by atoms with Gasteiger partial charge in [0, 0.05) is 101 Å². The van der Waals surface area contributed by atoms with Crippen LogP contribution in [0.4, 0.5) is 9.59 Å². The molecule has 84 heavy (non-hydrogen) atoms. The zero-order chi connectivity index (χ0) is 62.7. The number of nitrogens with zero attached hydrogens (tertiary/aromatic N) is 1. The maximum atomic E-state index is 14.4. The first-order chi connectivity index (χ1) is 39.6. The number of fused-ring (bicyclic) bond motifs is 4. The minimum atomic E-state index is -1.07. The lowest BCUT2D eigenvalue weighted by Crippen LogP contribution is -2.40. The maximum absolute atomic E-state index is 14.4. The molecule has 0 saturated heterocycles. The number of hydrogen-bond donors (Lipinski definition) is 8. The Kier molecular flexibility index (Phi) is 27.1. The molecule has 0 fully saturated rings. The second kappa shape index (κ2) is 32.8. The van der Waals surface area contributed by atoms with Crippen LogP contribution in [0, 0.1) is 23.7 Å². The molecular formula is C61H87N7O16. The second-order valence-electron chi connectivity index (χ2n) is 22.0. The van der Waals surface area contributed by atoms with Gasteiger partial charge in [-0.25, -0.2) is 9.59 Å². The molecule has 0 unspecified atom stereocenters. The molecule has 0 aromatic carbocycles. The molecule has 4 bridgehead atoms. The van der Waals surface area contributed by atoms with Gasteiger partial charge in [-0.3, -0.25) is 28.8 Å². The topological polar surface area (TPSA) is 336 Å². The van der Waals surface area contributed by atoms with Gasteiger partial charge in [0.2, 0.25) is 23.1 Å². The van der Waals surface area contributed by atoms with Crippen LogP contribution in [-0.4, -0.2) is 173 Å². The SMILES string of the molecule is CO[C@H]1/C=C\C=C(/C)C(=O)NC2=CC(=O)C(NCCN(C)CCNC3=C4C[C@@H](C)C[C@H](OC)[C@H](O)[C@@H](C)/C=C(\C)[C@H](OC(N)=O)[C@@H](OC)/C=C\C=C(/C)C(=O)NC(=CC3=O)C4=O)=C(C[C@@H](C)C[C@H](OC)[C@H](O)[C@@H](C)/C=C(\C)[C@@H]1OC(N)=O)C2=O. The summed E-state index contributed by atoms with van der Waals surface area (Å²) in [5, 5.41) is 34.7. The number of aliphatic hydroxyl groups excluding tert-OH is 2. The molecule has 2 aliphatic carbocycles. The van der Waals surface area contributed by atoms with Crippen molar-refractivity contribution in [3.63, 3.8) is 0 Å². The average molecular weight is 1170 g/mol. The fourth-order valence-electron chi connectivity index (χ4n) is 10.4. The molecule has 4 amide bonds. The monoisotopic (exact) mass is 1170 g/mol. The molecule has 0 aromatic rings. The Labute approximate surface area is 492 Å². The summed E-state index contributed by atoms with van der Waals surface area (Å²) in [6.45, 7) is 14.7. The van der Waals surface area contributed by atoms with Crippen molar-refractivity contribution in [2.45, 2.75) is 130 Å². The highest BCUT2D eigenvalue weighted by Gasteiger charge is 2.36. The summed E-state index contributed by atoms with van der Waals surface area (Å²) in [7, 11) is 7.54. The average Bonchev–Trinajstić information content (AvgIpc) is 2.31. The van der Waals surface area contributed by atoms with Crippen molar-refractivity contribution >= 4 is 47.1 Å². The third kappa shape index (κ3) is 19.5. The van der Waals surface area contributed by atoms with Gasteiger partial charge in [0.15, 0.2) is 12.2 Å². The van der Waals surface area contributed by atoms with Crippen LogP contribution in [0.15, 0.2) is 117 Å². The molecule has 4 aliphatic rings. The third-order valence-corrected chi connectivity index (χ3v) is 15.2. The van der Waals surface area contributed by atoms with Gasteiger partial charge in [0.1, 0.15) is 12.2 Å². The highest BCUT2D eigenvalue weighted by Crippen LogP contribution is 2.31. The van der Waals surface area contributed by atoms with Crippen molar-refractivity contribution in [2.24, 2.45) is 35.1 Å². The van der Waals surface area contributed by atoms with Gasteiger partial charge in [0.05, 0.1) is 47.2 Å². The Morgan fingerprint density at radius 2 is 0.964 bits per heavy atom. The van der Waals surface area contributed by atoms with E-state index in [4.69, 9.17) is 39.9 Å². The maximum Gasteiger partial charge on any atom is 0.405 e. The fraction of sp³-hybridized carbons (Fsp3) is 0.541. The normalized spacial score (nSPS) is 32.0. The number of Topliss-reactive ketones (excluding diaryl/α,β-unsaturated/α-hetero) is 2. The number of rotatable bonds is 14. The lowest BCUT2D eigenvalue weighted by molar-refractivity contribution is -0.120. The van der Waals surface area contributed by atoms with E-state index in [1.54, 1.807) is 59.0 Å². The number of carbonyl (C=O) groups excluding carboxylic acids is 8. The number of primary amides is 2. The van der Waals surface area contributed by atoms with Crippen molar-refractivity contribution in [2.75, 3.05) is 61.7 Å². The van der Waals surface area contributed by atoms with E-state index in [-0.39, 0.29) is 95.7 Å². The second-order valence-corrected chi connectivity index (χ2v) is 22.0. The molecular weight excluding hydrogens is 1090 g/mol. The number of amides is 4. The van der Waals surface area contributed by atoms with E-state index >= 15 is 0 Å². The van der Waals surface area contributed by atoms with Gasteiger partial charge in [-0.1, -0.05) is 76.3 Å². The summed E-state index contributed by atoms with van der Waals surface area (Å²) in [6.07, 6.45) is 5.89. The van der Waals surface area contributed by atoms with E-state index in [0.717, 1.165) is 12.2 Å². The Balaban J connectivity index is 1.59. The zero-order valence-corrected chi connectivity index (χ0v) is 50.6. The van der Waals surface area contributed by atoms with E-state index in [0.29, 0.717) is 24.2 Å². The van der Waals surface area contributed by atoms with Gasteiger partial charge in [-0.05, 0) is 83.4 Å². The predicted octanol–water partition coefficient (Wildman–Crippen LogP) is 3.65. The summed E-state index contributed by atoms with van der Waals surface area (Å²) in [5.41, 5.74) is 12.2. The highest BCUT2D eigenvalue weighted by atomic mass is 16.6. The van der Waals surface area contributed by atoms with E-state index in [9.17, 15) is 48.6 Å². The number of nitrogens with one attached hydrogen (secondary N) is 4.